The van der Waals surface area contributed by atoms with Gasteiger partial charge in [-0.2, -0.15) is 0 Å². The summed E-state index contributed by atoms with van der Waals surface area (Å²) in [6, 6.07) is 12.1. The third kappa shape index (κ3) is 4.65. The monoisotopic (exact) mass is 340 g/mol. The van der Waals surface area contributed by atoms with Crippen LogP contribution in [0.3, 0.4) is 0 Å². The van der Waals surface area contributed by atoms with E-state index in [4.69, 9.17) is 14.7 Å². The number of hydrogen-bond donors (Lipinski definition) is 1. The van der Waals surface area contributed by atoms with E-state index >= 15 is 0 Å². The first-order valence-corrected chi connectivity index (χ1v) is 8.74. The van der Waals surface area contributed by atoms with Gasteiger partial charge in [0, 0.05) is 30.4 Å². The highest BCUT2D eigenvalue weighted by molar-refractivity contribution is 5.99. The summed E-state index contributed by atoms with van der Waals surface area (Å²) in [5.74, 6) is 0. The molecule has 1 saturated heterocycles. The zero-order valence-corrected chi connectivity index (χ0v) is 14.5. The molecule has 1 aromatic heterocycles. The zero-order valence-electron chi connectivity index (χ0n) is 14.5. The lowest BCUT2D eigenvalue weighted by Crippen LogP contribution is -2.23. The minimum absolute atomic E-state index is 0.0861. The van der Waals surface area contributed by atoms with Crippen molar-refractivity contribution in [1.29, 1.82) is 0 Å². The van der Waals surface area contributed by atoms with Crippen molar-refractivity contribution in [3.63, 3.8) is 0 Å². The summed E-state index contributed by atoms with van der Waals surface area (Å²) in [7, 11) is 0. The molecule has 25 heavy (non-hydrogen) atoms. The number of aromatic nitrogens is 1. The molecule has 0 radical (unpaired) electrons. The molecule has 3 rings (SSSR count). The van der Waals surface area contributed by atoms with Gasteiger partial charge in [-0.25, -0.2) is 0 Å². The molecule has 0 aliphatic carbocycles. The molecule has 2 heterocycles. The van der Waals surface area contributed by atoms with Crippen molar-refractivity contribution in [3.8, 4) is 11.1 Å². The van der Waals surface area contributed by atoms with E-state index in [9.17, 15) is 0 Å². The van der Waals surface area contributed by atoms with Crippen molar-refractivity contribution < 1.29 is 14.7 Å². The van der Waals surface area contributed by atoms with E-state index in [0.29, 0.717) is 18.7 Å². The average Bonchev–Trinajstić information content (AvgIpc) is 2.69. The molecular formula is C20H24N2O3. The molecule has 2 aromatic rings. The maximum Gasteiger partial charge on any atom is 0.157 e. The summed E-state index contributed by atoms with van der Waals surface area (Å²) >= 11 is 0. The second kappa shape index (κ2) is 8.74. The van der Waals surface area contributed by atoms with Gasteiger partial charge in [0.05, 0.1) is 18.0 Å². The number of benzene rings is 1. The second-order valence-corrected chi connectivity index (χ2v) is 6.19. The van der Waals surface area contributed by atoms with Crippen LogP contribution in [0.4, 0.5) is 0 Å². The molecule has 1 aliphatic heterocycles. The number of oxime groups is 1. The van der Waals surface area contributed by atoms with Crippen LogP contribution in [-0.2, 0) is 15.9 Å². The van der Waals surface area contributed by atoms with E-state index in [-0.39, 0.29) is 6.29 Å². The van der Waals surface area contributed by atoms with Crippen LogP contribution in [0.2, 0.25) is 0 Å². The molecule has 1 unspecified atom stereocenters. The Morgan fingerprint density at radius 3 is 2.88 bits per heavy atom. The van der Waals surface area contributed by atoms with Crippen molar-refractivity contribution in [3.05, 3.63) is 53.9 Å². The number of pyridine rings is 1. The van der Waals surface area contributed by atoms with Crippen LogP contribution in [0, 0.1) is 0 Å². The van der Waals surface area contributed by atoms with Crippen molar-refractivity contribution in [1.82, 2.24) is 4.98 Å². The van der Waals surface area contributed by atoms with Crippen LogP contribution >= 0.6 is 0 Å². The van der Waals surface area contributed by atoms with E-state index < -0.39 is 0 Å². The standard InChI is InChI=1S/C20H24N2O3/c1-15(22-23)17-13-18(16-7-3-2-4-8-16)19(21-14-17)10-12-25-20-9-5-6-11-24-20/h2-4,7-8,13-14,20,23H,5-6,9-12H2,1H3. The fraction of sp³-hybridized carbons (Fsp3) is 0.400. The highest BCUT2D eigenvalue weighted by atomic mass is 16.7. The Bertz CT molecular complexity index is 710. The van der Waals surface area contributed by atoms with Gasteiger partial charge in [-0.1, -0.05) is 35.5 Å². The van der Waals surface area contributed by atoms with E-state index in [1.165, 1.54) is 0 Å². The molecule has 5 nitrogen and oxygen atoms in total. The lowest BCUT2D eigenvalue weighted by atomic mass is 9.99. The average molecular weight is 340 g/mol. The quantitative estimate of drug-likeness (QED) is 0.490. The smallest absolute Gasteiger partial charge is 0.157 e. The maximum absolute atomic E-state index is 9.03. The Balaban J connectivity index is 1.77. The number of rotatable bonds is 6. The van der Waals surface area contributed by atoms with E-state index in [0.717, 1.165) is 48.3 Å². The summed E-state index contributed by atoms with van der Waals surface area (Å²) in [6.07, 6.45) is 5.61. The van der Waals surface area contributed by atoms with Crippen molar-refractivity contribution in [2.75, 3.05) is 13.2 Å². The number of hydrogen-bond acceptors (Lipinski definition) is 5. The largest absolute Gasteiger partial charge is 0.411 e. The lowest BCUT2D eigenvalue weighted by molar-refractivity contribution is -0.161. The van der Waals surface area contributed by atoms with Crippen LogP contribution in [0.25, 0.3) is 11.1 Å². The van der Waals surface area contributed by atoms with Gasteiger partial charge in [0.1, 0.15) is 0 Å². The third-order valence-electron chi connectivity index (χ3n) is 4.40. The Hall–Kier alpha value is -2.24. The van der Waals surface area contributed by atoms with Gasteiger partial charge in [-0.05, 0) is 37.8 Å². The molecule has 1 N–H and O–H groups in total. The molecule has 0 spiro atoms. The lowest BCUT2D eigenvalue weighted by Gasteiger charge is -2.22. The van der Waals surface area contributed by atoms with E-state index in [1.807, 2.05) is 24.3 Å². The summed E-state index contributed by atoms with van der Waals surface area (Å²) in [4.78, 5) is 4.59. The topological polar surface area (TPSA) is 63.9 Å². The van der Waals surface area contributed by atoms with E-state index in [1.54, 1.807) is 13.1 Å². The SMILES string of the molecule is CC(=NO)c1cnc(CCOC2CCCCO2)c(-c2ccccc2)c1. The normalized spacial score (nSPS) is 18.3. The molecule has 0 bridgehead atoms. The number of nitrogens with zero attached hydrogens (tertiary/aromatic N) is 2. The molecule has 1 aromatic carbocycles. The van der Waals surface area contributed by atoms with Crippen LogP contribution in [0.1, 0.15) is 37.4 Å². The molecule has 1 fully saturated rings. The molecule has 5 heteroatoms. The highest BCUT2D eigenvalue weighted by Crippen LogP contribution is 2.24. The first-order chi connectivity index (χ1) is 12.3. The Morgan fingerprint density at radius 1 is 1.32 bits per heavy atom. The van der Waals surface area contributed by atoms with E-state index in [2.05, 4.69) is 22.3 Å². The summed E-state index contributed by atoms with van der Waals surface area (Å²) < 4.78 is 11.5. The zero-order chi connectivity index (χ0) is 17.5. The Labute approximate surface area is 148 Å². The molecule has 132 valence electrons. The molecule has 0 saturated carbocycles. The molecular weight excluding hydrogens is 316 g/mol. The predicted molar refractivity (Wildman–Crippen MR) is 96.9 cm³/mol. The van der Waals surface area contributed by atoms with Gasteiger partial charge in [-0.3, -0.25) is 4.98 Å². The first-order valence-electron chi connectivity index (χ1n) is 8.74. The second-order valence-electron chi connectivity index (χ2n) is 6.19. The summed E-state index contributed by atoms with van der Waals surface area (Å²) in [5, 5.41) is 12.3. The van der Waals surface area contributed by atoms with Gasteiger partial charge in [0.25, 0.3) is 0 Å². The molecule has 1 atom stereocenters. The van der Waals surface area contributed by atoms with Crippen LogP contribution in [0.5, 0.6) is 0 Å². The van der Waals surface area contributed by atoms with Crippen LogP contribution in [-0.4, -0.2) is 35.4 Å². The van der Waals surface area contributed by atoms with Crippen LogP contribution in [0.15, 0.2) is 47.8 Å². The van der Waals surface area contributed by atoms with Gasteiger partial charge in [0.15, 0.2) is 6.29 Å². The molecule has 0 amide bonds. The molecule has 1 aliphatic rings. The van der Waals surface area contributed by atoms with Crippen LogP contribution < -0.4 is 0 Å². The Kier molecular flexibility index (Phi) is 6.14. The predicted octanol–water partition coefficient (Wildman–Crippen LogP) is 4.03. The van der Waals surface area contributed by atoms with Crippen molar-refractivity contribution in [2.24, 2.45) is 5.16 Å². The third-order valence-corrected chi connectivity index (χ3v) is 4.40. The minimum atomic E-state index is -0.0861. The fourth-order valence-corrected chi connectivity index (χ4v) is 2.95. The van der Waals surface area contributed by atoms with Gasteiger partial charge < -0.3 is 14.7 Å². The minimum Gasteiger partial charge on any atom is -0.411 e. The van der Waals surface area contributed by atoms with Crippen molar-refractivity contribution >= 4 is 5.71 Å². The van der Waals surface area contributed by atoms with Gasteiger partial charge in [0.2, 0.25) is 0 Å². The summed E-state index contributed by atoms with van der Waals surface area (Å²) in [6.45, 7) is 3.12. The maximum atomic E-state index is 9.03. The fourth-order valence-electron chi connectivity index (χ4n) is 2.95. The van der Waals surface area contributed by atoms with Crippen molar-refractivity contribution in [2.45, 2.75) is 38.9 Å². The first kappa shape index (κ1) is 17.6. The van der Waals surface area contributed by atoms with Gasteiger partial charge in [-0.15, -0.1) is 0 Å². The summed E-state index contributed by atoms with van der Waals surface area (Å²) in [5.41, 5.74) is 4.45. The van der Waals surface area contributed by atoms with Gasteiger partial charge >= 0.3 is 0 Å². The highest BCUT2D eigenvalue weighted by Gasteiger charge is 2.15. The Morgan fingerprint density at radius 2 is 2.16 bits per heavy atom. The number of ether oxygens (including phenoxy) is 2.